The molecule has 2 aromatic carbocycles. The van der Waals surface area contributed by atoms with Gasteiger partial charge in [0, 0.05) is 42.3 Å². The molecule has 4 rings (SSSR count). The molecule has 2 heterocycles. The SMILES string of the molecule is Cc1csc(COc2ccc(C(=O)NC3CCN(Cc4ccccc4)CC3)cc2)n1. The lowest BCUT2D eigenvalue weighted by Gasteiger charge is -2.32. The third-order valence-corrected chi connectivity index (χ3v) is 6.26. The molecule has 5 nitrogen and oxygen atoms in total. The van der Waals surface area contributed by atoms with E-state index in [1.165, 1.54) is 5.56 Å². The molecule has 1 aliphatic rings. The number of hydrogen-bond donors (Lipinski definition) is 1. The van der Waals surface area contributed by atoms with Crippen LogP contribution >= 0.6 is 11.3 Å². The predicted octanol–water partition coefficient (Wildman–Crippen LogP) is 4.42. The van der Waals surface area contributed by atoms with E-state index in [1.54, 1.807) is 11.3 Å². The number of rotatable bonds is 7. The molecule has 30 heavy (non-hydrogen) atoms. The van der Waals surface area contributed by atoms with Crippen LogP contribution in [-0.2, 0) is 13.2 Å². The van der Waals surface area contributed by atoms with Gasteiger partial charge in [-0.3, -0.25) is 9.69 Å². The predicted molar refractivity (Wildman–Crippen MR) is 120 cm³/mol. The fraction of sp³-hybridized carbons (Fsp3) is 0.333. The van der Waals surface area contributed by atoms with Gasteiger partial charge < -0.3 is 10.1 Å². The fourth-order valence-electron chi connectivity index (χ4n) is 3.66. The summed E-state index contributed by atoms with van der Waals surface area (Å²) < 4.78 is 5.76. The van der Waals surface area contributed by atoms with Crippen LogP contribution in [0, 0.1) is 6.92 Å². The Hall–Kier alpha value is -2.70. The minimum absolute atomic E-state index is 0.0152. The number of thiazole rings is 1. The number of aromatic nitrogens is 1. The van der Waals surface area contributed by atoms with Crippen molar-refractivity contribution < 1.29 is 9.53 Å². The lowest BCUT2D eigenvalue weighted by Crippen LogP contribution is -2.44. The first kappa shape index (κ1) is 20.6. The standard InChI is InChI=1S/C24H27N3O2S/c1-18-17-30-23(25-18)16-29-22-9-7-20(8-10-22)24(28)26-21-11-13-27(14-12-21)15-19-5-3-2-4-6-19/h2-10,17,21H,11-16H2,1H3,(H,26,28). The number of aryl methyl sites for hydroxylation is 1. The first-order valence-corrected chi connectivity index (χ1v) is 11.2. The number of amides is 1. The van der Waals surface area contributed by atoms with E-state index in [-0.39, 0.29) is 11.9 Å². The molecule has 1 amide bonds. The average molecular weight is 422 g/mol. The van der Waals surface area contributed by atoms with Gasteiger partial charge >= 0.3 is 0 Å². The smallest absolute Gasteiger partial charge is 0.251 e. The average Bonchev–Trinajstić information content (AvgIpc) is 3.20. The molecular weight excluding hydrogens is 394 g/mol. The fourth-order valence-corrected chi connectivity index (χ4v) is 4.35. The third-order valence-electron chi connectivity index (χ3n) is 5.32. The van der Waals surface area contributed by atoms with E-state index in [1.807, 2.05) is 42.6 Å². The van der Waals surface area contributed by atoms with Crippen LogP contribution in [0.4, 0.5) is 0 Å². The molecule has 0 unspecified atom stereocenters. The van der Waals surface area contributed by atoms with Gasteiger partial charge in [0.15, 0.2) is 0 Å². The van der Waals surface area contributed by atoms with E-state index < -0.39 is 0 Å². The summed E-state index contributed by atoms with van der Waals surface area (Å²) in [6.45, 7) is 5.40. The van der Waals surface area contributed by atoms with Crippen molar-refractivity contribution in [2.75, 3.05) is 13.1 Å². The number of carbonyl (C=O) groups excluding carboxylic acids is 1. The summed E-state index contributed by atoms with van der Waals surface area (Å²) in [5, 5.41) is 6.15. The zero-order valence-electron chi connectivity index (χ0n) is 17.2. The van der Waals surface area contributed by atoms with Crippen molar-refractivity contribution >= 4 is 17.2 Å². The van der Waals surface area contributed by atoms with Gasteiger partial charge in [-0.2, -0.15) is 0 Å². The summed E-state index contributed by atoms with van der Waals surface area (Å²) >= 11 is 1.59. The number of nitrogens with one attached hydrogen (secondary N) is 1. The van der Waals surface area contributed by atoms with Crippen molar-refractivity contribution in [3.63, 3.8) is 0 Å². The van der Waals surface area contributed by atoms with E-state index in [2.05, 4.69) is 39.5 Å². The van der Waals surface area contributed by atoms with Gasteiger partial charge in [0.1, 0.15) is 17.4 Å². The molecule has 1 saturated heterocycles. The highest BCUT2D eigenvalue weighted by Crippen LogP contribution is 2.18. The highest BCUT2D eigenvalue weighted by Gasteiger charge is 2.21. The van der Waals surface area contributed by atoms with Crippen LogP contribution in [0.3, 0.4) is 0 Å². The van der Waals surface area contributed by atoms with Gasteiger partial charge in [0.25, 0.3) is 5.91 Å². The van der Waals surface area contributed by atoms with Crippen molar-refractivity contribution in [2.45, 2.75) is 39.0 Å². The second-order valence-corrected chi connectivity index (χ2v) is 8.65. The number of nitrogens with zero attached hydrogens (tertiary/aromatic N) is 2. The van der Waals surface area contributed by atoms with Gasteiger partial charge in [-0.25, -0.2) is 4.98 Å². The number of ether oxygens (including phenoxy) is 1. The van der Waals surface area contributed by atoms with Crippen molar-refractivity contribution in [2.24, 2.45) is 0 Å². The Balaban J connectivity index is 1.22. The maximum absolute atomic E-state index is 12.6. The molecular formula is C24H27N3O2S. The van der Waals surface area contributed by atoms with Crippen LogP contribution in [0.25, 0.3) is 0 Å². The van der Waals surface area contributed by atoms with Crippen molar-refractivity contribution in [1.82, 2.24) is 15.2 Å². The molecule has 1 N–H and O–H groups in total. The molecule has 0 bridgehead atoms. The Labute approximate surface area is 181 Å². The normalized spacial score (nSPS) is 15.1. The number of hydrogen-bond acceptors (Lipinski definition) is 5. The lowest BCUT2D eigenvalue weighted by atomic mass is 10.0. The summed E-state index contributed by atoms with van der Waals surface area (Å²) in [6, 6.07) is 18.1. The first-order valence-electron chi connectivity index (χ1n) is 10.4. The van der Waals surface area contributed by atoms with Gasteiger partial charge in [0.05, 0.1) is 0 Å². The molecule has 0 radical (unpaired) electrons. The van der Waals surface area contributed by atoms with E-state index in [4.69, 9.17) is 4.74 Å². The topological polar surface area (TPSA) is 54.5 Å². The largest absolute Gasteiger partial charge is 0.486 e. The molecule has 1 aromatic heterocycles. The second kappa shape index (κ2) is 9.87. The maximum Gasteiger partial charge on any atom is 0.251 e. The van der Waals surface area contributed by atoms with Crippen LogP contribution in [0.1, 0.15) is 39.5 Å². The molecule has 0 spiro atoms. The second-order valence-electron chi connectivity index (χ2n) is 7.71. The zero-order chi connectivity index (χ0) is 20.8. The Morgan fingerprint density at radius 1 is 1.13 bits per heavy atom. The van der Waals surface area contributed by atoms with Crippen LogP contribution in [0.15, 0.2) is 60.0 Å². The number of piperidine rings is 1. The summed E-state index contributed by atoms with van der Waals surface area (Å²) in [5.74, 6) is 0.729. The first-order chi connectivity index (χ1) is 14.7. The van der Waals surface area contributed by atoms with Crippen molar-refractivity contribution in [3.05, 3.63) is 81.8 Å². The third kappa shape index (κ3) is 5.68. The summed E-state index contributed by atoms with van der Waals surface area (Å²) in [7, 11) is 0. The minimum Gasteiger partial charge on any atom is -0.486 e. The van der Waals surface area contributed by atoms with Crippen LogP contribution in [0.2, 0.25) is 0 Å². The maximum atomic E-state index is 12.6. The zero-order valence-corrected chi connectivity index (χ0v) is 18.0. The molecule has 0 saturated carbocycles. The highest BCUT2D eigenvalue weighted by molar-refractivity contribution is 7.09. The molecule has 1 aliphatic heterocycles. The van der Waals surface area contributed by atoms with Crippen molar-refractivity contribution in [1.29, 1.82) is 0 Å². The van der Waals surface area contributed by atoms with Crippen LogP contribution < -0.4 is 10.1 Å². The number of likely N-dealkylation sites (tertiary alicyclic amines) is 1. The van der Waals surface area contributed by atoms with Gasteiger partial charge in [-0.05, 0) is 49.6 Å². The van der Waals surface area contributed by atoms with E-state index >= 15 is 0 Å². The summed E-state index contributed by atoms with van der Waals surface area (Å²) in [4.78, 5) is 19.4. The number of carbonyl (C=O) groups is 1. The Bertz CT molecular complexity index is 948. The van der Waals surface area contributed by atoms with Gasteiger partial charge in [-0.1, -0.05) is 30.3 Å². The Morgan fingerprint density at radius 2 is 1.87 bits per heavy atom. The molecule has 6 heteroatoms. The molecule has 0 atom stereocenters. The molecule has 156 valence electrons. The quantitative estimate of drug-likeness (QED) is 0.613. The van der Waals surface area contributed by atoms with Gasteiger partial charge in [-0.15, -0.1) is 11.3 Å². The molecule has 1 fully saturated rings. The highest BCUT2D eigenvalue weighted by atomic mass is 32.1. The number of benzene rings is 2. The monoisotopic (exact) mass is 421 g/mol. The van der Waals surface area contributed by atoms with E-state index in [0.29, 0.717) is 12.2 Å². The Kier molecular flexibility index (Phi) is 6.77. The van der Waals surface area contributed by atoms with Crippen molar-refractivity contribution in [3.8, 4) is 5.75 Å². The molecule has 3 aromatic rings. The molecule has 0 aliphatic carbocycles. The lowest BCUT2D eigenvalue weighted by molar-refractivity contribution is 0.0909. The van der Waals surface area contributed by atoms with Crippen LogP contribution in [0.5, 0.6) is 5.75 Å². The summed E-state index contributed by atoms with van der Waals surface area (Å²) in [5.41, 5.74) is 3.02. The van der Waals surface area contributed by atoms with Gasteiger partial charge in [0.2, 0.25) is 0 Å². The minimum atomic E-state index is -0.0152. The van der Waals surface area contributed by atoms with E-state index in [0.717, 1.165) is 48.9 Å². The Morgan fingerprint density at radius 3 is 2.53 bits per heavy atom. The van der Waals surface area contributed by atoms with E-state index in [9.17, 15) is 4.79 Å². The summed E-state index contributed by atoms with van der Waals surface area (Å²) in [6.07, 6.45) is 1.96. The van der Waals surface area contributed by atoms with Crippen LogP contribution in [-0.4, -0.2) is 34.9 Å².